The van der Waals surface area contributed by atoms with Crippen molar-refractivity contribution in [1.29, 1.82) is 0 Å². The predicted octanol–water partition coefficient (Wildman–Crippen LogP) is 1.08. The monoisotopic (exact) mass is 300 g/mol. The van der Waals surface area contributed by atoms with Crippen molar-refractivity contribution in [3.8, 4) is 0 Å². The topological polar surface area (TPSA) is 62.2 Å². The molecule has 0 atom stereocenters. The maximum atomic E-state index is 11.9. The van der Waals surface area contributed by atoms with Crippen LogP contribution in [0, 0.1) is 0 Å². The van der Waals surface area contributed by atoms with Crippen LogP contribution in [0.4, 0.5) is 4.79 Å². The molecule has 1 N–H and O–H groups in total. The van der Waals surface area contributed by atoms with E-state index in [2.05, 4.69) is 4.90 Å². The zero-order valence-electron chi connectivity index (χ0n) is 13.4. The molecule has 1 aliphatic heterocycles. The Labute approximate surface area is 127 Å². The Bertz CT molecular complexity index is 342. The summed E-state index contributed by atoms with van der Waals surface area (Å²) in [6, 6.07) is 0. The Kier molecular flexibility index (Phi) is 5.46. The van der Waals surface area contributed by atoms with E-state index < -0.39 is 5.60 Å². The van der Waals surface area contributed by atoms with E-state index in [1.54, 1.807) is 4.90 Å². The molecule has 0 radical (unpaired) electrons. The van der Waals surface area contributed by atoms with Crippen molar-refractivity contribution >= 4 is 6.09 Å². The van der Waals surface area contributed by atoms with Gasteiger partial charge >= 0.3 is 6.09 Å². The summed E-state index contributed by atoms with van der Waals surface area (Å²) in [7, 11) is 0. The van der Waals surface area contributed by atoms with Crippen LogP contribution in [0.5, 0.6) is 0 Å². The summed E-state index contributed by atoms with van der Waals surface area (Å²) in [6.07, 6.45) is 1.40. The highest BCUT2D eigenvalue weighted by Crippen LogP contribution is 2.22. The molecule has 2 aliphatic rings. The fourth-order valence-corrected chi connectivity index (χ4v) is 2.50. The van der Waals surface area contributed by atoms with Crippen LogP contribution in [0.1, 0.15) is 33.6 Å². The molecule has 6 nitrogen and oxygen atoms in total. The summed E-state index contributed by atoms with van der Waals surface area (Å²) in [5.41, 5.74) is -0.435. The van der Waals surface area contributed by atoms with Crippen molar-refractivity contribution in [2.75, 3.05) is 39.3 Å². The second kappa shape index (κ2) is 6.94. The first-order valence-corrected chi connectivity index (χ1v) is 7.83. The lowest BCUT2D eigenvalue weighted by atomic mass is 9.92. The minimum absolute atomic E-state index is 0.160. The van der Waals surface area contributed by atoms with E-state index in [0.717, 1.165) is 32.5 Å². The van der Waals surface area contributed by atoms with E-state index in [-0.39, 0.29) is 18.3 Å². The first kappa shape index (κ1) is 16.5. The molecule has 1 amide bonds. The summed E-state index contributed by atoms with van der Waals surface area (Å²) >= 11 is 0. The number of nitrogens with zero attached hydrogens (tertiary/aromatic N) is 2. The zero-order valence-corrected chi connectivity index (χ0v) is 13.4. The van der Waals surface area contributed by atoms with E-state index >= 15 is 0 Å². The maximum absolute atomic E-state index is 11.9. The van der Waals surface area contributed by atoms with Crippen LogP contribution in [0.3, 0.4) is 0 Å². The minimum atomic E-state index is -0.435. The number of piperazine rings is 1. The fourth-order valence-electron chi connectivity index (χ4n) is 2.50. The van der Waals surface area contributed by atoms with Crippen LogP contribution < -0.4 is 0 Å². The van der Waals surface area contributed by atoms with E-state index in [4.69, 9.17) is 9.47 Å². The maximum Gasteiger partial charge on any atom is 0.410 e. The van der Waals surface area contributed by atoms with Crippen LogP contribution in [-0.2, 0) is 9.47 Å². The number of carbonyl (C=O) groups excluding carboxylic acids is 1. The Balaban J connectivity index is 1.58. The average molecular weight is 300 g/mol. The van der Waals surface area contributed by atoms with Gasteiger partial charge in [-0.15, -0.1) is 0 Å². The van der Waals surface area contributed by atoms with Crippen LogP contribution >= 0.6 is 0 Å². The Morgan fingerprint density at radius 3 is 2.33 bits per heavy atom. The number of rotatable bonds is 4. The molecule has 0 aromatic heterocycles. The molecule has 6 heteroatoms. The second-order valence-corrected chi connectivity index (χ2v) is 6.93. The highest BCUT2D eigenvalue weighted by Gasteiger charge is 2.28. The van der Waals surface area contributed by atoms with Gasteiger partial charge in [0.15, 0.2) is 0 Å². The molecule has 1 aliphatic carbocycles. The molecule has 1 saturated carbocycles. The highest BCUT2D eigenvalue weighted by atomic mass is 16.6. The van der Waals surface area contributed by atoms with Gasteiger partial charge in [-0.05, 0) is 33.6 Å². The van der Waals surface area contributed by atoms with Gasteiger partial charge in [0, 0.05) is 32.7 Å². The molecule has 1 heterocycles. The quantitative estimate of drug-likeness (QED) is 0.842. The summed E-state index contributed by atoms with van der Waals surface area (Å²) in [5, 5.41) is 9.19. The van der Waals surface area contributed by atoms with Crippen molar-refractivity contribution in [3.05, 3.63) is 0 Å². The van der Waals surface area contributed by atoms with E-state index in [0.29, 0.717) is 19.7 Å². The van der Waals surface area contributed by atoms with Gasteiger partial charge in [0.2, 0.25) is 0 Å². The predicted molar refractivity (Wildman–Crippen MR) is 79.2 cm³/mol. The lowest BCUT2D eigenvalue weighted by Gasteiger charge is -2.36. The van der Waals surface area contributed by atoms with Gasteiger partial charge in [-0.3, -0.25) is 4.90 Å². The number of aliphatic hydroxyl groups excluding tert-OH is 1. The normalized spacial score (nSPS) is 27.3. The smallest absolute Gasteiger partial charge is 0.410 e. The molecule has 2 fully saturated rings. The standard InChI is InChI=1S/C15H28N2O4/c1-15(2,3)21-14(19)17-6-4-16(5-7-17)8-9-20-13-10-12(18)11-13/h12-13,18H,4-11H2,1-3H3/t12-,13+. The largest absolute Gasteiger partial charge is 0.444 e. The molecule has 0 aromatic rings. The molecule has 1 saturated heterocycles. The van der Waals surface area contributed by atoms with Crippen LogP contribution in [0.25, 0.3) is 0 Å². The Hall–Kier alpha value is -0.850. The molecular formula is C15H28N2O4. The first-order valence-electron chi connectivity index (χ1n) is 7.83. The van der Waals surface area contributed by atoms with Gasteiger partial charge in [0.05, 0.1) is 18.8 Å². The van der Waals surface area contributed by atoms with Gasteiger partial charge in [0.1, 0.15) is 5.60 Å². The third kappa shape index (κ3) is 5.45. The van der Waals surface area contributed by atoms with E-state index in [1.807, 2.05) is 20.8 Å². The van der Waals surface area contributed by atoms with Crippen LogP contribution in [0.15, 0.2) is 0 Å². The van der Waals surface area contributed by atoms with Gasteiger partial charge in [-0.1, -0.05) is 0 Å². The number of amides is 1. The van der Waals surface area contributed by atoms with Crippen LogP contribution in [-0.4, -0.2) is 78.1 Å². The molecule has 0 unspecified atom stereocenters. The minimum Gasteiger partial charge on any atom is -0.444 e. The fraction of sp³-hybridized carbons (Fsp3) is 0.933. The summed E-state index contributed by atoms with van der Waals surface area (Å²) in [6.45, 7) is 10.4. The second-order valence-electron chi connectivity index (χ2n) is 6.93. The summed E-state index contributed by atoms with van der Waals surface area (Å²) < 4.78 is 11.1. The number of hydrogen-bond acceptors (Lipinski definition) is 5. The van der Waals surface area contributed by atoms with E-state index in [1.165, 1.54) is 0 Å². The molecule has 21 heavy (non-hydrogen) atoms. The lowest BCUT2D eigenvalue weighted by Crippen LogP contribution is -2.50. The molecule has 2 rings (SSSR count). The Morgan fingerprint density at radius 1 is 1.19 bits per heavy atom. The molecule has 0 bridgehead atoms. The van der Waals surface area contributed by atoms with Crippen molar-refractivity contribution in [2.45, 2.75) is 51.4 Å². The van der Waals surface area contributed by atoms with Gasteiger partial charge < -0.3 is 19.5 Å². The first-order chi connectivity index (χ1) is 9.83. The third-order valence-electron chi connectivity index (χ3n) is 3.85. The Morgan fingerprint density at radius 2 is 1.81 bits per heavy atom. The van der Waals surface area contributed by atoms with Crippen LogP contribution in [0.2, 0.25) is 0 Å². The van der Waals surface area contributed by atoms with Gasteiger partial charge in [-0.25, -0.2) is 4.79 Å². The molecule has 0 spiro atoms. The third-order valence-corrected chi connectivity index (χ3v) is 3.85. The molecular weight excluding hydrogens is 272 g/mol. The highest BCUT2D eigenvalue weighted by molar-refractivity contribution is 5.68. The number of carbonyl (C=O) groups is 1. The zero-order chi connectivity index (χ0) is 15.5. The average Bonchev–Trinajstić information content (AvgIpc) is 2.35. The molecule has 122 valence electrons. The SMILES string of the molecule is CC(C)(C)OC(=O)N1CCN(CCO[C@H]2C[C@@H](O)C2)CC1. The number of aliphatic hydroxyl groups is 1. The number of hydrogen-bond donors (Lipinski definition) is 1. The van der Waals surface area contributed by atoms with E-state index in [9.17, 15) is 9.90 Å². The van der Waals surface area contributed by atoms with Gasteiger partial charge in [0.25, 0.3) is 0 Å². The number of ether oxygens (including phenoxy) is 2. The van der Waals surface area contributed by atoms with Crippen molar-refractivity contribution in [1.82, 2.24) is 9.80 Å². The van der Waals surface area contributed by atoms with Crippen molar-refractivity contribution in [2.24, 2.45) is 0 Å². The van der Waals surface area contributed by atoms with Crippen molar-refractivity contribution in [3.63, 3.8) is 0 Å². The molecule has 0 aromatic carbocycles. The van der Waals surface area contributed by atoms with Crippen molar-refractivity contribution < 1.29 is 19.4 Å². The van der Waals surface area contributed by atoms with Gasteiger partial charge in [-0.2, -0.15) is 0 Å². The lowest BCUT2D eigenvalue weighted by molar-refractivity contribution is -0.0758. The summed E-state index contributed by atoms with van der Waals surface area (Å²) in [4.78, 5) is 16.0. The summed E-state index contributed by atoms with van der Waals surface area (Å²) in [5.74, 6) is 0.